The molecule has 1 N–H and O–H groups in total. The van der Waals surface area contributed by atoms with E-state index in [1.54, 1.807) is 18.5 Å². The van der Waals surface area contributed by atoms with E-state index in [0.29, 0.717) is 30.3 Å². The first kappa shape index (κ1) is 22.6. The summed E-state index contributed by atoms with van der Waals surface area (Å²) in [4.78, 5) is 18.4. The van der Waals surface area contributed by atoms with Crippen molar-refractivity contribution in [2.75, 3.05) is 37.5 Å². The van der Waals surface area contributed by atoms with Crippen molar-refractivity contribution in [2.24, 2.45) is 0 Å². The summed E-state index contributed by atoms with van der Waals surface area (Å²) in [6.07, 6.45) is 4.16. The van der Waals surface area contributed by atoms with Crippen molar-refractivity contribution >= 4 is 23.0 Å². The molecule has 4 rings (SSSR count). The summed E-state index contributed by atoms with van der Waals surface area (Å²) < 4.78 is 10.9. The van der Waals surface area contributed by atoms with E-state index in [2.05, 4.69) is 78.6 Å². The van der Waals surface area contributed by atoms with Crippen molar-refractivity contribution in [1.29, 1.82) is 0 Å². The van der Waals surface area contributed by atoms with Crippen LogP contribution in [0.5, 0.6) is 5.75 Å². The number of carbonyl (C=O) groups excluding carboxylic acids is 1. The first-order valence-electron chi connectivity index (χ1n) is 11.3. The highest BCUT2D eigenvalue weighted by molar-refractivity contribution is 5.95. The Morgan fingerprint density at radius 3 is 2.67 bits per heavy atom. The lowest BCUT2D eigenvalue weighted by Gasteiger charge is -2.29. The van der Waals surface area contributed by atoms with Crippen LogP contribution in [0, 0.1) is 0 Å². The van der Waals surface area contributed by atoms with Gasteiger partial charge in [0.25, 0.3) is 0 Å². The second-order valence-corrected chi connectivity index (χ2v) is 8.66. The third-order valence-corrected chi connectivity index (χ3v) is 6.26. The van der Waals surface area contributed by atoms with Gasteiger partial charge in [0.05, 0.1) is 31.2 Å². The number of nitrogens with zero attached hydrogens (tertiary/aromatic N) is 2. The zero-order valence-electron chi connectivity index (χ0n) is 19.7. The number of benzene rings is 2. The molecule has 0 saturated carbocycles. The number of nitrogens with one attached hydrogen (secondary N) is 1. The zero-order valence-corrected chi connectivity index (χ0v) is 19.7. The number of rotatable bonds is 7. The van der Waals surface area contributed by atoms with Crippen LogP contribution in [0.4, 0.5) is 17.1 Å². The van der Waals surface area contributed by atoms with Crippen molar-refractivity contribution in [3.63, 3.8) is 0 Å². The van der Waals surface area contributed by atoms with Gasteiger partial charge in [-0.25, -0.2) is 4.79 Å². The van der Waals surface area contributed by atoms with E-state index in [0.717, 1.165) is 23.5 Å². The number of carbonyl (C=O) groups is 1. The highest BCUT2D eigenvalue weighted by Crippen LogP contribution is 2.38. The number of fused-ring (bicyclic) bond motifs is 1. The van der Waals surface area contributed by atoms with Gasteiger partial charge in [-0.1, -0.05) is 32.0 Å². The normalized spacial score (nSPS) is 14.9. The molecule has 0 amide bonds. The minimum Gasteiger partial charge on any atom is -0.493 e. The molecule has 2 aromatic carbocycles. The molecule has 1 atom stereocenters. The lowest BCUT2D eigenvalue weighted by atomic mass is 9.92. The number of ether oxygens (including phenoxy) is 2. The molecular weight excluding hydrogens is 414 g/mol. The SMILES string of the molecule is COC(=O)c1ccncc1NC[C@@H]1CCOc2cc(N(C)c3ccc(C(C)C)cc3)ccc21. The fourth-order valence-electron chi connectivity index (χ4n) is 4.16. The molecule has 6 nitrogen and oxygen atoms in total. The summed E-state index contributed by atoms with van der Waals surface area (Å²) in [5.41, 5.74) is 5.89. The molecule has 0 radical (unpaired) electrons. The molecule has 0 spiro atoms. The average molecular weight is 446 g/mol. The number of anilines is 3. The molecule has 1 aromatic heterocycles. The lowest BCUT2D eigenvalue weighted by molar-refractivity contribution is 0.0601. The summed E-state index contributed by atoms with van der Waals surface area (Å²) in [5.74, 6) is 1.32. The van der Waals surface area contributed by atoms with Crippen LogP contribution in [0.25, 0.3) is 0 Å². The first-order chi connectivity index (χ1) is 16.0. The van der Waals surface area contributed by atoms with Crippen LogP contribution in [-0.2, 0) is 4.74 Å². The molecule has 2 heterocycles. The predicted molar refractivity (Wildman–Crippen MR) is 132 cm³/mol. The van der Waals surface area contributed by atoms with Crippen LogP contribution in [0.1, 0.15) is 53.6 Å². The Labute approximate surface area is 195 Å². The molecule has 6 heteroatoms. The maximum Gasteiger partial charge on any atom is 0.340 e. The molecule has 0 aliphatic carbocycles. The number of hydrogen-bond acceptors (Lipinski definition) is 6. The molecular formula is C27H31N3O3. The summed E-state index contributed by atoms with van der Waals surface area (Å²) in [6.45, 7) is 5.75. The Balaban J connectivity index is 1.50. The van der Waals surface area contributed by atoms with Crippen molar-refractivity contribution in [3.8, 4) is 5.75 Å². The fourth-order valence-corrected chi connectivity index (χ4v) is 4.16. The molecule has 1 aliphatic heterocycles. The zero-order chi connectivity index (χ0) is 23.4. The first-order valence-corrected chi connectivity index (χ1v) is 11.3. The predicted octanol–water partition coefficient (Wildman–Crippen LogP) is 5.74. The number of hydrogen-bond donors (Lipinski definition) is 1. The Bertz CT molecular complexity index is 1110. The van der Waals surface area contributed by atoms with Gasteiger partial charge in [-0.05, 0) is 47.7 Å². The van der Waals surface area contributed by atoms with Crippen LogP contribution in [0.15, 0.2) is 60.9 Å². The highest BCUT2D eigenvalue weighted by Gasteiger charge is 2.23. The van der Waals surface area contributed by atoms with Gasteiger partial charge in [0.15, 0.2) is 0 Å². The Morgan fingerprint density at radius 2 is 1.94 bits per heavy atom. The summed E-state index contributed by atoms with van der Waals surface area (Å²) in [5, 5.41) is 3.39. The van der Waals surface area contributed by atoms with Crippen molar-refractivity contribution in [1.82, 2.24) is 4.98 Å². The van der Waals surface area contributed by atoms with Crippen LogP contribution in [-0.4, -0.2) is 38.3 Å². The highest BCUT2D eigenvalue weighted by atomic mass is 16.5. The van der Waals surface area contributed by atoms with Gasteiger partial charge >= 0.3 is 5.97 Å². The molecule has 3 aromatic rings. The second-order valence-electron chi connectivity index (χ2n) is 8.66. The largest absolute Gasteiger partial charge is 0.493 e. The van der Waals surface area contributed by atoms with Crippen molar-refractivity contribution in [3.05, 3.63) is 77.6 Å². The van der Waals surface area contributed by atoms with E-state index < -0.39 is 0 Å². The molecule has 0 unspecified atom stereocenters. The van der Waals surface area contributed by atoms with E-state index in [1.807, 2.05) is 0 Å². The number of pyridine rings is 1. The van der Waals surface area contributed by atoms with Gasteiger partial charge < -0.3 is 19.7 Å². The quantitative estimate of drug-likeness (QED) is 0.468. The standard InChI is InChI=1S/C27H31N3O3/c1-18(2)19-5-7-21(8-6-19)30(3)22-9-10-23-20(12-14-33-26(23)15-22)16-29-25-17-28-13-11-24(25)27(31)32-4/h5-11,13,15,17-18,20,29H,12,14,16H2,1-4H3/t20-/m0/s1. The van der Waals surface area contributed by atoms with Crippen molar-refractivity contribution in [2.45, 2.75) is 32.1 Å². The summed E-state index contributed by atoms with van der Waals surface area (Å²) >= 11 is 0. The minimum atomic E-state index is -0.374. The molecule has 0 saturated heterocycles. The van der Waals surface area contributed by atoms with E-state index in [1.165, 1.54) is 18.2 Å². The molecule has 0 fully saturated rings. The maximum atomic E-state index is 12.0. The van der Waals surface area contributed by atoms with E-state index in [-0.39, 0.29) is 11.9 Å². The van der Waals surface area contributed by atoms with Gasteiger partial charge in [0.2, 0.25) is 0 Å². The van der Waals surface area contributed by atoms with E-state index in [4.69, 9.17) is 9.47 Å². The summed E-state index contributed by atoms with van der Waals surface area (Å²) in [7, 11) is 3.46. The maximum absolute atomic E-state index is 12.0. The fraction of sp³-hybridized carbons (Fsp3) is 0.333. The van der Waals surface area contributed by atoms with Gasteiger partial charge in [-0.15, -0.1) is 0 Å². The minimum absolute atomic E-state index is 0.268. The Hall–Kier alpha value is -3.54. The van der Waals surface area contributed by atoms with E-state index in [9.17, 15) is 4.79 Å². The smallest absolute Gasteiger partial charge is 0.340 e. The number of aromatic nitrogens is 1. The van der Waals surface area contributed by atoms with Gasteiger partial charge in [0.1, 0.15) is 5.75 Å². The topological polar surface area (TPSA) is 63.7 Å². The molecule has 33 heavy (non-hydrogen) atoms. The number of methoxy groups -OCH3 is 1. The second kappa shape index (κ2) is 9.94. The summed E-state index contributed by atoms with van der Waals surface area (Å²) in [6, 6.07) is 16.8. The van der Waals surface area contributed by atoms with E-state index >= 15 is 0 Å². The van der Waals surface area contributed by atoms with Gasteiger partial charge in [0, 0.05) is 43.1 Å². The van der Waals surface area contributed by atoms with Crippen LogP contribution >= 0.6 is 0 Å². The van der Waals surface area contributed by atoms with Crippen molar-refractivity contribution < 1.29 is 14.3 Å². The molecule has 1 aliphatic rings. The Kier molecular flexibility index (Phi) is 6.82. The van der Waals surface area contributed by atoms with Gasteiger partial charge in [-0.3, -0.25) is 4.98 Å². The van der Waals surface area contributed by atoms with Crippen LogP contribution in [0.2, 0.25) is 0 Å². The molecule has 0 bridgehead atoms. The lowest BCUT2D eigenvalue weighted by Crippen LogP contribution is -2.22. The van der Waals surface area contributed by atoms with Crippen LogP contribution < -0.4 is 15.0 Å². The monoisotopic (exact) mass is 445 g/mol. The average Bonchev–Trinajstić information content (AvgIpc) is 2.86. The molecule has 172 valence electrons. The van der Waals surface area contributed by atoms with Crippen LogP contribution in [0.3, 0.4) is 0 Å². The third kappa shape index (κ3) is 4.95. The third-order valence-electron chi connectivity index (χ3n) is 6.26. The Morgan fingerprint density at radius 1 is 1.18 bits per heavy atom. The number of esters is 1. The van der Waals surface area contributed by atoms with Gasteiger partial charge in [-0.2, -0.15) is 0 Å².